The minimum atomic E-state index is -2.27. The van der Waals surface area contributed by atoms with Crippen molar-refractivity contribution in [2.75, 3.05) is 26.7 Å². The van der Waals surface area contributed by atoms with Gasteiger partial charge in [0.05, 0.1) is 12.6 Å². The van der Waals surface area contributed by atoms with Crippen LogP contribution in [0.2, 0.25) is 0 Å². The molecule has 0 aliphatic heterocycles. The Bertz CT molecular complexity index is 240. The zero-order valence-corrected chi connectivity index (χ0v) is 11.0. The molecule has 0 aromatic rings. The third-order valence-electron chi connectivity index (χ3n) is 2.73. The number of unbranched alkanes of at least 4 members (excludes halogenated alkanes) is 1. The van der Waals surface area contributed by atoms with Gasteiger partial charge in [-0.1, -0.05) is 6.92 Å². The third kappa shape index (κ3) is 8.06. The average molecular weight is 247 g/mol. The predicted molar refractivity (Wildman–Crippen MR) is 65.0 cm³/mol. The van der Waals surface area contributed by atoms with Gasteiger partial charge in [-0.3, -0.25) is 5.32 Å². The van der Waals surface area contributed by atoms with Crippen LogP contribution >= 0.6 is 0 Å². The van der Waals surface area contributed by atoms with Crippen LogP contribution in [-0.2, 0) is 0 Å². The Hall–Kier alpha value is -0.730. The summed E-state index contributed by atoms with van der Waals surface area (Å²) in [5, 5.41) is 12.2. The molecule has 0 aromatic heterocycles. The summed E-state index contributed by atoms with van der Waals surface area (Å²) in [4.78, 5) is 1.63. The van der Waals surface area contributed by atoms with E-state index in [2.05, 4.69) is 11.4 Å². The molecule has 0 saturated heterocycles. The Morgan fingerprint density at radius 2 is 2.06 bits per heavy atom. The molecule has 1 atom stereocenters. The lowest BCUT2D eigenvalue weighted by Gasteiger charge is -2.23. The van der Waals surface area contributed by atoms with Crippen LogP contribution < -0.4 is 5.32 Å². The molecule has 0 amide bonds. The van der Waals surface area contributed by atoms with Gasteiger partial charge in [0, 0.05) is 0 Å². The number of nitrogens with one attached hydrogen (secondary N) is 1. The molecule has 3 nitrogen and oxygen atoms in total. The lowest BCUT2D eigenvalue weighted by Crippen LogP contribution is -2.40. The van der Waals surface area contributed by atoms with Gasteiger partial charge in [-0.15, -0.1) is 0 Å². The molecule has 0 aromatic carbocycles. The van der Waals surface area contributed by atoms with E-state index in [1.165, 1.54) is 0 Å². The number of rotatable bonds is 9. The van der Waals surface area contributed by atoms with E-state index in [0.717, 1.165) is 25.8 Å². The van der Waals surface area contributed by atoms with Crippen LogP contribution in [0.1, 0.15) is 33.1 Å². The molecule has 0 aliphatic rings. The highest BCUT2D eigenvalue weighted by Gasteiger charge is 2.21. The minimum absolute atomic E-state index is 0.178. The number of nitrogens with zero attached hydrogens (tertiary/aromatic N) is 2. The lowest BCUT2D eigenvalue weighted by molar-refractivity contribution is 0.0993. The highest BCUT2D eigenvalue weighted by Crippen LogP contribution is 2.13. The van der Waals surface area contributed by atoms with E-state index in [1.807, 2.05) is 13.8 Å². The summed E-state index contributed by atoms with van der Waals surface area (Å²) in [6.45, 7) is 5.07. The summed E-state index contributed by atoms with van der Waals surface area (Å²) >= 11 is 0. The molecular weight excluding hydrogens is 224 g/mol. The Kier molecular flexibility index (Phi) is 8.01. The van der Waals surface area contributed by atoms with Gasteiger partial charge in [0.2, 0.25) is 0 Å². The molecule has 0 spiro atoms. The molecule has 0 saturated carbocycles. The fourth-order valence-corrected chi connectivity index (χ4v) is 1.76. The highest BCUT2D eigenvalue weighted by atomic mass is 19.3. The van der Waals surface area contributed by atoms with Crippen molar-refractivity contribution in [1.29, 1.82) is 5.26 Å². The summed E-state index contributed by atoms with van der Waals surface area (Å²) in [6, 6.07) is 2.25. The van der Waals surface area contributed by atoms with E-state index < -0.39 is 12.0 Å². The maximum Gasteiger partial charge on any atom is 0.251 e. The van der Waals surface area contributed by atoms with E-state index in [9.17, 15) is 8.78 Å². The van der Waals surface area contributed by atoms with Gasteiger partial charge >= 0.3 is 0 Å². The predicted octanol–water partition coefficient (Wildman–Crippen LogP) is 2.25. The van der Waals surface area contributed by atoms with Crippen LogP contribution in [-0.4, -0.2) is 43.5 Å². The van der Waals surface area contributed by atoms with E-state index in [0.29, 0.717) is 6.54 Å². The van der Waals surface area contributed by atoms with Gasteiger partial charge in [-0.25, -0.2) is 8.78 Å². The second kappa shape index (κ2) is 8.37. The molecule has 0 rings (SSSR count). The molecule has 5 heteroatoms. The summed E-state index contributed by atoms with van der Waals surface area (Å²) in [6.07, 6.45) is 0.183. The van der Waals surface area contributed by atoms with Crippen LogP contribution in [0.5, 0.6) is 0 Å². The standard InChI is InChI=1S/C12H23F2N3/c1-4-16-12(2,10-15)7-5-6-8-17(3)9-11(13)14/h11,16H,4-9H2,1-3H3. The largest absolute Gasteiger partial charge is 0.301 e. The molecule has 1 N–H and O–H groups in total. The second-order valence-corrected chi connectivity index (χ2v) is 4.58. The van der Waals surface area contributed by atoms with Crippen molar-refractivity contribution in [2.24, 2.45) is 0 Å². The fraction of sp³-hybridized carbons (Fsp3) is 0.917. The molecule has 1 unspecified atom stereocenters. The molecule has 0 bridgehead atoms. The van der Waals surface area contributed by atoms with Gasteiger partial charge in [-0.05, 0) is 46.3 Å². The van der Waals surface area contributed by atoms with Crippen molar-refractivity contribution >= 4 is 0 Å². The molecule has 0 heterocycles. The first kappa shape index (κ1) is 16.3. The third-order valence-corrected chi connectivity index (χ3v) is 2.73. The average Bonchev–Trinajstić information content (AvgIpc) is 2.24. The van der Waals surface area contributed by atoms with E-state index in [1.54, 1.807) is 11.9 Å². The second-order valence-electron chi connectivity index (χ2n) is 4.58. The van der Waals surface area contributed by atoms with Crippen LogP contribution in [0.25, 0.3) is 0 Å². The van der Waals surface area contributed by atoms with Crippen molar-refractivity contribution in [3.05, 3.63) is 0 Å². The number of alkyl halides is 2. The molecule has 17 heavy (non-hydrogen) atoms. The summed E-state index contributed by atoms with van der Waals surface area (Å²) in [7, 11) is 1.69. The highest BCUT2D eigenvalue weighted by molar-refractivity contribution is 5.03. The molecule has 0 fully saturated rings. The number of halogens is 2. The zero-order valence-electron chi connectivity index (χ0n) is 11.0. The maximum atomic E-state index is 12.0. The van der Waals surface area contributed by atoms with Crippen molar-refractivity contribution in [3.8, 4) is 6.07 Å². The van der Waals surface area contributed by atoms with E-state index in [-0.39, 0.29) is 6.54 Å². The Labute approximate surface area is 103 Å². The quantitative estimate of drug-likeness (QED) is 0.635. The Balaban J connectivity index is 3.73. The summed E-state index contributed by atoms with van der Waals surface area (Å²) < 4.78 is 24.1. The minimum Gasteiger partial charge on any atom is -0.301 e. The molecule has 0 aliphatic carbocycles. The Morgan fingerprint density at radius 1 is 1.41 bits per heavy atom. The van der Waals surface area contributed by atoms with E-state index in [4.69, 9.17) is 5.26 Å². The normalized spacial score (nSPS) is 14.9. The van der Waals surface area contributed by atoms with Crippen LogP contribution in [0.15, 0.2) is 0 Å². The van der Waals surface area contributed by atoms with Gasteiger partial charge in [-0.2, -0.15) is 5.26 Å². The summed E-state index contributed by atoms with van der Waals surface area (Å²) in [5.74, 6) is 0. The van der Waals surface area contributed by atoms with Gasteiger partial charge in [0.1, 0.15) is 5.54 Å². The monoisotopic (exact) mass is 247 g/mol. The van der Waals surface area contributed by atoms with E-state index >= 15 is 0 Å². The van der Waals surface area contributed by atoms with Gasteiger partial charge in [0.25, 0.3) is 6.43 Å². The first-order chi connectivity index (χ1) is 7.93. The number of hydrogen-bond acceptors (Lipinski definition) is 3. The molecule has 100 valence electrons. The van der Waals surface area contributed by atoms with Crippen molar-refractivity contribution in [2.45, 2.75) is 45.1 Å². The SMILES string of the molecule is CCNC(C)(C#N)CCCCN(C)CC(F)F. The van der Waals surface area contributed by atoms with Gasteiger partial charge in [0.15, 0.2) is 0 Å². The fourth-order valence-electron chi connectivity index (χ4n) is 1.76. The Morgan fingerprint density at radius 3 is 2.53 bits per heavy atom. The topological polar surface area (TPSA) is 39.1 Å². The number of hydrogen-bond donors (Lipinski definition) is 1. The van der Waals surface area contributed by atoms with Crippen LogP contribution in [0.3, 0.4) is 0 Å². The van der Waals surface area contributed by atoms with Gasteiger partial charge < -0.3 is 4.90 Å². The van der Waals surface area contributed by atoms with Crippen molar-refractivity contribution in [3.63, 3.8) is 0 Å². The van der Waals surface area contributed by atoms with Crippen LogP contribution in [0.4, 0.5) is 8.78 Å². The zero-order chi connectivity index (χ0) is 13.3. The van der Waals surface area contributed by atoms with Crippen molar-refractivity contribution in [1.82, 2.24) is 10.2 Å². The maximum absolute atomic E-state index is 12.0. The van der Waals surface area contributed by atoms with Crippen LogP contribution in [0, 0.1) is 11.3 Å². The first-order valence-corrected chi connectivity index (χ1v) is 6.06. The lowest BCUT2D eigenvalue weighted by atomic mass is 9.96. The number of nitriles is 1. The smallest absolute Gasteiger partial charge is 0.251 e. The molecular formula is C12H23F2N3. The molecule has 0 radical (unpaired) electrons. The summed E-state index contributed by atoms with van der Waals surface area (Å²) in [5.41, 5.74) is -0.490. The van der Waals surface area contributed by atoms with Crippen molar-refractivity contribution < 1.29 is 8.78 Å². The first-order valence-electron chi connectivity index (χ1n) is 6.06.